The van der Waals surface area contributed by atoms with Gasteiger partial charge in [-0.1, -0.05) is 36.8 Å². The van der Waals surface area contributed by atoms with Crippen LogP contribution in [0.5, 0.6) is 11.6 Å². The number of amides is 2. The summed E-state index contributed by atoms with van der Waals surface area (Å²) < 4.78 is 11.3. The van der Waals surface area contributed by atoms with Gasteiger partial charge < -0.3 is 14.4 Å². The van der Waals surface area contributed by atoms with Crippen molar-refractivity contribution in [1.82, 2.24) is 20.4 Å². The van der Waals surface area contributed by atoms with Crippen LogP contribution in [-0.2, 0) is 17.8 Å². The summed E-state index contributed by atoms with van der Waals surface area (Å²) in [5.74, 6) is 0.820. The van der Waals surface area contributed by atoms with Crippen LogP contribution in [-0.4, -0.2) is 47.0 Å². The first kappa shape index (κ1) is 23.6. The third-order valence-electron chi connectivity index (χ3n) is 6.46. The maximum atomic E-state index is 13.2. The summed E-state index contributed by atoms with van der Waals surface area (Å²) in [5.41, 5.74) is 6.09. The number of para-hydroxylation sites is 1. The molecule has 9 heteroatoms. The van der Waals surface area contributed by atoms with E-state index in [9.17, 15) is 9.59 Å². The van der Waals surface area contributed by atoms with E-state index in [0.717, 1.165) is 49.2 Å². The number of ether oxygens (including phenoxy) is 2. The van der Waals surface area contributed by atoms with Crippen molar-refractivity contribution >= 4 is 23.5 Å². The molecule has 1 aromatic heterocycles. The number of methoxy groups -OCH3 is 1. The highest BCUT2D eigenvalue weighted by molar-refractivity contribution is 5.97. The smallest absolute Gasteiger partial charge is 0.276 e. The van der Waals surface area contributed by atoms with Crippen LogP contribution in [0.1, 0.15) is 47.2 Å². The molecule has 0 aliphatic carbocycles. The molecule has 186 valence electrons. The largest absolute Gasteiger partial charge is 0.497 e. The second kappa shape index (κ2) is 10.6. The molecule has 0 radical (unpaired) electrons. The van der Waals surface area contributed by atoms with Gasteiger partial charge in [0.25, 0.3) is 5.91 Å². The van der Waals surface area contributed by atoms with Gasteiger partial charge in [-0.05, 0) is 48.6 Å². The molecule has 5 rings (SSSR count). The summed E-state index contributed by atoms with van der Waals surface area (Å²) in [5, 5.41) is 1.40. The van der Waals surface area contributed by atoms with Gasteiger partial charge in [-0.15, -0.1) is 0 Å². The molecule has 1 N–H and O–H groups in total. The predicted octanol–water partition coefficient (Wildman–Crippen LogP) is 3.81. The molecule has 36 heavy (non-hydrogen) atoms. The Bertz CT molecular complexity index is 1250. The fraction of sp³-hybridized carbons (Fsp3) is 0.333. The van der Waals surface area contributed by atoms with Crippen molar-refractivity contribution in [2.45, 2.75) is 38.7 Å². The lowest BCUT2D eigenvalue weighted by Crippen LogP contribution is -2.46. The molecule has 0 atom stereocenters. The third kappa shape index (κ3) is 5.10. The number of carbonyl (C=O) groups is 2. The van der Waals surface area contributed by atoms with Crippen molar-refractivity contribution in [3.8, 4) is 11.6 Å². The summed E-state index contributed by atoms with van der Waals surface area (Å²) in [4.78, 5) is 36.8. The van der Waals surface area contributed by atoms with E-state index in [4.69, 9.17) is 9.47 Å². The SMILES string of the molecule is COc1ccc(COc2nc(N3CCc4ccccc43)ncc2C(=O)NN2CCCCCC2=O)cc1. The Hall–Kier alpha value is -4.14. The fourth-order valence-corrected chi connectivity index (χ4v) is 4.46. The van der Waals surface area contributed by atoms with Gasteiger partial charge in [0, 0.05) is 31.4 Å². The topological polar surface area (TPSA) is 96.9 Å². The number of fused-ring (bicyclic) bond motifs is 1. The van der Waals surface area contributed by atoms with E-state index < -0.39 is 5.91 Å². The second-order valence-electron chi connectivity index (χ2n) is 8.85. The Labute approximate surface area is 210 Å². The molecule has 0 unspecified atom stereocenters. The number of carbonyl (C=O) groups excluding carboxylic acids is 2. The number of rotatable bonds is 7. The number of benzene rings is 2. The van der Waals surface area contributed by atoms with Crippen molar-refractivity contribution < 1.29 is 19.1 Å². The highest BCUT2D eigenvalue weighted by Crippen LogP contribution is 2.33. The fourth-order valence-electron chi connectivity index (χ4n) is 4.46. The minimum absolute atomic E-state index is 0.0900. The summed E-state index contributed by atoms with van der Waals surface area (Å²) in [6.07, 6.45) is 5.42. The van der Waals surface area contributed by atoms with Gasteiger partial charge in [-0.25, -0.2) is 4.98 Å². The van der Waals surface area contributed by atoms with Crippen LogP contribution in [0.25, 0.3) is 0 Å². The van der Waals surface area contributed by atoms with Crippen LogP contribution in [0, 0.1) is 0 Å². The molecule has 3 aromatic rings. The highest BCUT2D eigenvalue weighted by atomic mass is 16.5. The number of hydrogen-bond acceptors (Lipinski definition) is 7. The monoisotopic (exact) mass is 487 g/mol. The van der Waals surface area contributed by atoms with E-state index in [1.807, 2.05) is 47.4 Å². The molecule has 0 saturated carbocycles. The van der Waals surface area contributed by atoms with Crippen LogP contribution < -0.4 is 19.8 Å². The molecule has 1 saturated heterocycles. The number of anilines is 2. The second-order valence-corrected chi connectivity index (χ2v) is 8.85. The van der Waals surface area contributed by atoms with Crippen molar-refractivity contribution in [3.63, 3.8) is 0 Å². The first-order chi connectivity index (χ1) is 17.6. The molecule has 0 bridgehead atoms. The van der Waals surface area contributed by atoms with Crippen LogP contribution in [0.2, 0.25) is 0 Å². The Balaban J connectivity index is 1.41. The van der Waals surface area contributed by atoms with Crippen LogP contribution in [0.4, 0.5) is 11.6 Å². The van der Waals surface area contributed by atoms with Gasteiger partial charge in [-0.3, -0.25) is 20.0 Å². The first-order valence-electron chi connectivity index (χ1n) is 12.2. The average Bonchev–Trinajstić information content (AvgIpc) is 3.25. The van der Waals surface area contributed by atoms with Crippen molar-refractivity contribution in [2.75, 3.05) is 25.1 Å². The van der Waals surface area contributed by atoms with Crippen molar-refractivity contribution in [2.24, 2.45) is 0 Å². The van der Waals surface area contributed by atoms with Gasteiger partial charge in [0.2, 0.25) is 17.7 Å². The maximum absolute atomic E-state index is 13.2. The number of hydrazine groups is 1. The Kier molecular flexibility index (Phi) is 6.97. The van der Waals surface area contributed by atoms with E-state index in [1.54, 1.807) is 7.11 Å². The van der Waals surface area contributed by atoms with E-state index in [-0.39, 0.29) is 24.0 Å². The standard InChI is InChI=1S/C27H29N5O4/c1-35-21-12-10-19(11-13-21)18-36-26-22(25(34)30-32-15-6-2-3-9-24(32)33)17-28-27(29-26)31-16-14-20-7-4-5-8-23(20)31/h4-5,7-8,10-13,17H,2-3,6,9,14-16,18H2,1H3,(H,30,34). The molecule has 2 aliphatic heterocycles. The number of nitrogens with one attached hydrogen (secondary N) is 1. The van der Waals surface area contributed by atoms with Gasteiger partial charge in [0.05, 0.1) is 7.11 Å². The van der Waals surface area contributed by atoms with Crippen LogP contribution >= 0.6 is 0 Å². The van der Waals surface area contributed by atoms with Gasteiger partial charge in [0.1, 0.15) is 17.9 Å². The van der Waals surface area contributed by atoms with Crippen LogP contribution in [0.15, 0.2) is 54.7 Å². The molecule has 2 amide bonds. The lowest BCUT2D eigenvalue weighted by molar-refractivity contribution is -0.133. The van der Waals surface area contributed by atoms with E-state index in [0.29, 0.717) is 18.9 Å². The van der Waals surface area contributed by atoms with Gasteiger partial charge in [-0.2, -0.15) is 4.98 Å². The lowest BCUT2D eigenvalue weighted by Gasteiger charge is -2.22. The first-order valence-corrected chi connectivity index (χ1v) is 12.2. The van der Waals surface area contributed by atoms with E-state index in [2.05, 4.69) is 21.5 Å². The Morgan fingerprint density at radius 3 is 2.69 bits per heavy atom. The Morgan fingerprint density at radius 1 is 1.03 bits per heavy atom. The Morgan fingerprint density at radius 2 is 1.86 bits per heavy atom. The summed E-state index contributed by atoms with van der Waals surface area (Å²) >= 11 is 0. The van der Waals surface area contributed by atoms with Crippen molar-refractivity contribution in [3.05, 3.63) is 71.4 Å². The van der Waals surface area contributed by atoms with Gasteiger partial charge >= 0.3 is 0 Å². The molecule has 0 spiro atoms. The zero-order valence-corrected chi connectivity index (χ0v) is 20.3. The molecule has 1 fully saturated rings. The quantitative estimate of drug-likeness (QED) is 0.541. The third-order valence-corrected chi connectivity index (χ3v) is 6.46. The molecule has 2 aromatic carbocycles. The zero-order valence-electron chi connectivity index (χ0n) is 20.3. The minimum Gasteiger partial charge on any atom is -0.497 e. The molecular weight excluding hydrogens is 458 g/mol. The maximum Gasteiger partial charge on any atom is 0.276 e. The average molecular weight is 488 g/mol. The van der Waals surface area contributed by atoms with Crippen LogP contribution in [0.3, 0.4) is 0 Å². The minimum atomic E-state index is -0.469. The highest BCUT2D eigenvalue weighted by Gasteiger charge is 2.26. The molecular formula is C27H29N5O4. The van der Waals surface area contributed by atoms with Gasteiger partial charge in [0.15, 0.2) is 0 Å². The van der Waals surface area contributed by atoms with E-state index >= 15 is 0 Å². The summed E-state index contributed by atoms with van der Waals surface area (Å²) in [6, 6.07) is 15.6. The summed E-state index contributed by atoms with van der Waals surface area (Å²) in [7, 11) is 1.62. The van der Waals surface area contributed by atoms with E-state index in [1.165, 1.54) is 16.8 Å². The lowest BCUT2D eigenvalue weighted by atomic mass is 10.2. The normalized spacial score (nSPS) is 15.3. The number of nitrogens with zero attached hydrogens (tertiary/aromatic N) is 4. The molecule has 3 heterocycles. The molecule has 2 aliphatic rings. The number of hydrogen-bond donors (Lipinski definition) is 1. The zero-order chi connectivity index (χ0) is 24.9. The molecule has 9 nitrogen and oxygen atoms in total. The van der Waals surface area contributed by atoms with Crippen molar-refractivity contribution in [1.29, 1.82) is 0 Å². The predicted molar refractivity (Wildman–Crippen MR) is 134 cm³/mol. The number of aromatic nitrogens is 2. The summed E-state index contributed by atoms with van der Waals surface area (Å²) in [6.45, 7) is 1.43.